The van der Waals surface area contributed by atoms with Crippen LogP contribution < -0.4 is 5.32 Å². The minimum atomic E-state index is -0.869. The Morgan fingerprint density at radius 2 is 1.54 bits per heavy atom. The molecular formula is C42H61N3O3. The third-order valence-corrected chi connectivity index (χ3v) is 16.2. The Morgan fingerprint density at radius 1 is 0.854 bits per heavy atom. The zero-order chi connectivity index (χ0) is 34.4. The summed E-state index contributed by atoms with van der Waals surface area (Å²) in [4.78, 5) is 29.8. The number of likely N-dealkylation sites (N-methyl/N-ethyl adjacent to an activating group) is 1. The van der Waals surface area contributed by atoms with Gasteiger partial charge in [-0.2, -0.15) is 0 Å². The number of benzene rings is 1. The van der Waals surface area contributed by atoms with Crippen LogP contribution in [0.25, 0.3) is 5.57 Å². The van der Waals surface area contributed by atoms with E-state index in [1.807, 2.05) is 12.1 Å². The van der Waals surface area contributed by atoms with Gasteiger partial charge in [-0.1, -0.05) is 65.0 Å². The number of amides is 2. The quantitative estimate of drug-likeness (QED) is 0.318. The molecule has 5 fully saturated rings. The van der Waals surface area contributed by atoms with E-state index in [2.05, 4.69) is 76.4 Å². The number of aromatic carboxylic acids is 1. The number of fused-ring (bicyclic) bond motifs is 7. The summed E-state index contributed by atoms with van der Waals surface area (Å²) in [6.07, 6.45) is 13.1. The number of rotatable bonds is 4. The molecule has 6 heteroatoms. The molecule has 6 nitrogen and oxygen atoms in total. The smallest absolute Gasteiger partial charge is 0.335 e. The average Bonchev–Trinajstić information content (AvgIpc) is 3.41. The topological polar surface area (TPSA) is 72.9 Å². The molecule has 1 aromatic rings. The molecule has 1 heterocycles. The standard InChI is InChI=1S/C42H61N3O3/c1-27(2)30-15-20-42(43-37(48)45-25-23-44(8)24-26-45)22-21-40(6)32(35(30)42)13-14-34-39(5)18-16-31(28-9-11-29(12-10-28)36(46)47)38(3,4)33(39)17-19-41(34,40)7/h9-12,16,30,32-35H,1,13-15,17-26H2,2-8H3,(H,43,48)(H,46,47). The van der Waals surface area contributed by atoms with Gasteiger partial charge in [-0.25, -0.2) is 9.59 Å². The van der Waals surface area contributed by atoms with Gasteiger partial charge in [0.15, 0.2) is 0 Å². The van der Waals surface area contributed by atoms with Gasteiger partial charge in [-0.15, -0.1) is 0 Å². The lowest BCUT2D eigenvalue weighted by molar-refractivity contribution is -0.218. The van der Waals surface area contributed by atoms with Gasteiger partial charge in [-0.05, 0) is 146 Å². The van der Waals surface area contributed by atoms with Crippen molar-refractivity contribution in [2.45, 2.75) is 105 Å². The summed E-state index contributed by atoms with van der Waals surface area (Å²) in [6, 6.07) is 7.74. The van der Waals surface area contributed by atoms with Crippen LogP contribution in [0.1, 0.15) is 115 Å². The first kappa shape index (κ1) is 33.9. The fraction of sp³-hybridized carbons (Fsp3) is 0.714. The van der Waals surface area contributed by atoms with Crippen LogP contribution in [0.5, 0.6) is 0 Å². The lowest BCUT2D eigenvalue weighted by atomic mass is 9.33. The van der Waals surface area contributed by atoms with E-state index in [1.165, 1.54) is 48.8 Å². The van der Waals surface area contributed by atoms with Crippen molar-refractivity contribution < 1.29 is 14.7 Å². The highest BCUT2D eigenvalue weighted by atomic mass is 16.4. The van der Waals surface area contributed by atoms with Crippen molar-refractivity contribution >= 4 is 17.6 Å². The molecule has 262 valence electrons. The fourth-order valence-corrected chi connectivity index (χ4v) is 13.6. The number of hydrogen-bond donors (Lipinski definition) is 2. The van der Waals surface area contributed by atoms with E-state index in [4.69, 9.17) is 0 Å². The molecule has 4 saturated carbocycles. The van der Waals surface area contributed by atoms with Gasteiger partial charge >= 0.3 is 12.0 Å². The molecule has 1 aromatic carbocycles. The molecule has 2 amide bonds. The highest BCUT2D eigenvalue weighted by Gasteiger charge is 2.70. The van der Waals surface area contributed by atoms with Gasteiger partial charge in [0.25, 0.3) is 0 Å². The number of piperazine rings is 1. The number of nitrogens with one attached hydrogen (secondary N) is 1. The Labute approximate surface area is 289 Å². The number of carbonyl (C=O) groups is 2. The van der Waals surface area contributed by atoms with Crippen molar-refractivity contribution in [3.63, 3.8) is 0 Å². The molecule has 0 radical (unpaired) electrons. The normalized spacial score (nSPS) is 42.0. The molecule has 6 aliphatic rings. The molecule has 1 aliphatic heterocycles. The number of allylic oxidation sites excluding steroid dienone is 3. The molecule has 1 saturated heterocycles. The van der Waals surface area contributed by atoms with Crippen LogP contribution in [0.3, 0.4) is 0 Å². The Kier molecular flexibility index (Phi) is 8.09. The SMILES string of the molecule is C=C(C)C1CCC2(NC(=O)N3CCN(C)CC3)CCC3(C)C(CCC4C5(C)CC=C(c6ccc(C(=O)O)cc6)C(C)(C)C5CCC43C)C12. The van der Waals surface area contributed by atoms with Crippen molar-refractivity contribution in [1.82, 2.24) is 15.1 Å². The number of carbonyl (C=O) groups excluding carboxylic acids is 1. The summed E-state index contributed by atoms with van der Waals surface area (Å²) in [6.45, 7) is 23.2. The Bertz CT molecular complexity index is 1510. The van der Waals surface area contributed by atoms with Gasteiger partial charge in [-0.3, -0.25) is 0 Å². The second-order valence-electron chi connectivity index (χ2n) is 18.5. The van der Waals surface area contributed by atoms with E-state index in [1.54, 1.807) is 12.1 Å². The zero-order valence-corrected chi connectivity index (χ0v) is 30.8. The monoisotopic (exact) mass is 655 g/mol. The zero-order valence-electron chi connectivity index (χ0n) is 30.8. The summed E-state index contributed by atoms with van der Waals surface area (Å²) in [5.41, 5.74) is 4.76. The molecule has 5 aliphatic carbocycles. The van der Waals surface area contributed by atoms with Crippen molar-refractivity contribution in [1.29, 1.82) is 0 Å². The van der Waals surface area contributed by atoms with Crippen LogP contribution >= 0.6 is 0 Å². The predicted octanol–water partition coefficient (Wildman–Crippen LogP) is 8.75. The number of hydrogen-bond acceptors (Lipinski definition) is 3. The minimum Gasteiger partial charge on any atom is -0.478 e. The third kappa shape index (κ3) is 4.81. The molecule has 9 unspecified atom stereocenters. The predicted molar refractivity (Wildman–Crippen MR) is 194 cm³/mol. The highest BCUT2D eigenvalue weighted by molar-refractivity contribution is 5.88. The van der Waals surface area contributed by atoms with Crippen molar-refractivity contribution in [3.05, 3.63) is 53.6 Å². The summed E-state index contributed by atoms with van der Waals surface area (Å²) < 4.78 is 0. The summed E-state index contributed by atoms with van der Waals surface area (Å²) in [7, 11) is 2.15. The van der Waals surface area contributed by atoms with Gasteiger partial charge in [0.05, 0.1) is 5.56 Å². The van der Waals surface area contributed by atoms with E-state index in [-0.39, 0.29) is 33.2 Å². The van der Waals surface area contributed by atoms with Crippen LogP contribution in [-0.2, 0) is 0 Å². The van der Waals surface area contributed by atoms with E-state index in [0.29, 0.717) is 35.2 Å². The number of carboxylic acids is 1. The average molecular weight is 656 g/mol. The lowest BCUT2D eigenvalue weighted by Gasteiger charge is -2.72. The summed E-state index contributed by atoms with van der Waals surface area (Å²) in [5.74, 6) is 1.86. The van der Waals surface area contributed by atoms with Crippen LogP contribution in [0.4, 0.5) is 4.79 Å². The van der Waals surface area contributed by atoms with E-state index >= 15 is 0 Å². The molecule has 0 spiro atoms. The molecule has 0 aromatic heterocycles. The second kappa shape index (κ2) is 11.5. The first-order valence-corrected chi connectivity index (χ1v) is 19.0. The highest BCUT2D eigenvalue weighted by Crippen LogP contribution is 2.76. The fourth-order valence-electron chi connectivity index (χ4n) is 13.6. The molecule has 48 heavy (non-hydrogen) atoms. The van der Waals surface area contributed by atoms with Crippen LogP contribution in [-0.4, -0.2) is 65.7 Å². The van der Waals surface area contributed by atoms with Crippen molar-refractivity contribution in [2.24, 2.45) is 51.2 Å². The van der Waals surface area contributed by atoms with Crippen molar-refractivity contribution in [2.75, 3.05) is 33.2 Å². The first-order valence-electron chi connectivity index (χ1n) is 19.0. The number of carboxylic acid groups (broad SMARTS) is 1. The van der Waals surface area contributed by atoms with Gasteiger partial charge in [0, 0.05) is 31.7 Å². The summed E-state index contributed by atoms with van der Waals surface area (Å²) >= 11 is 0. The first-order chi connectivity index (χ1) is 22.6. The Morgan fingerprint density at radius 3 is 2.19 bits per heavy atom. The minimum absolute atomic E-state index is 0.00256. The maximum atomic E-state index is 13.9. The molecule has 7 rings (SSSR count). The van der Waals surface area contributed by atoms with Crippen LogP contribution in [0, 0.1) is 51.2 Å². The Hall–Kier alpha value is -2.60. The van der Waals surface area contributed by atoms with Gasteiger partial charge < -0.3 is 20.2 Å². The number of nitrogens with zero attached hydrogens (tertiary/aromatic N) is 2. The molecule has 0 bridgehead atoms. The van der Waals surface area contributed by atoms with E-state index < -0.39 is 5.97 Å². The number of urea groups is 1. The molecule has 9 atom stereocenters. The summed E-state index contributed by atoms with van der Waals surface area (Å²) in [5, 5.41) is 13.3. The van der Waals surface area contributed by atoms with E-state index in [0.717, 1.165) is 51.9 Å². The lowest BCUT2D eigenvalue weighted by Crippen LogP contribution is -2.69. The molecule has 2 N–H and O–H groups in total. The van der Waals surface area contributed by atoms with Crippen LogP contribution in [0.2, 0.25) is 0 Å². The van der Waals surface area contributed by atoms with E-state index in [9.17, 15) is 14.7 Å². The maximum Gasteiger partial charge on any atom is 0.335 e. The largest absolute Gasteiger partial charge is 0.478 e. The van der Waals surface area contributed by atoms with Gasteiger partial charge in [0.2, 0.25) is 0 Å². The maximum absolute atomic E-state index is 13.9. The van der Waals surface area contributed by atoms with Crippen LogP contribution in [0.15, 0.2) is 42.5 Å². The Balaban J connectivity index is 1.19. The van der Waals surface area contributed by atoms with Gasteiger partial charge in [0.1, 0.15) is 0 Å². The third-order valence-electron chi connectivity index (χ3n) is 16.2. The molecular weight excluding hydrogens is 594 g/mol. The van der Waals surface area contributed by atoms with Crippen molar-refractivity contribution in [3.8, 4) is 0 Å². The second-order valence-corrected chi connectivity index (χ2v) is 18.5.